The molecule has 0 unspecified atom stereocenters. The first kappa shape index (κ1) is 21.5. The molecule has 4 aromatic rings. The zero-order valence-corrected chi connectivity index (χ0v) is 18.4. The van der Waals surface area contributed by atoms with Gasteiger partial charge in [-0.15, -0.1) is 11.8 Å². The van der Waals surface area contributed by atoms with E-state index in [1.165, 1.54) is 5.56 Å². The van der Waals surface area contributed by atoms with Gasteiger partial charge in [0.1, 0.15) is 5.75 Å². The fourth-order valence-corrected chi connectivity index (χ4v) is 4.32. The van der Waals surface area contributed by atoms with Crippen LogP contribution in [0.15, 0.2) is 95.9 Å². The van der Waals surface area contributed by atoms with Gasteiger partial charge in [0.2, 0.25) is 0 Å². The molecule has 4 aromatic carbocycles. The van der Waals surface area contributed by atoms with Gasteiger partial charge >= 0.3 is 5.97 Å². The van der Waals surface area contributed by atoms with Crippen LogP contribution in [0, 0.1) is 0 Å². The highest BCUT2D eigenvalue weighted by molar-refractivity contribution is 7.98. The van der Waals surface area contributed by atoms with Crippen molar-refractivity contribution in [3.8, 4) is 5.75 Å². The number of nitrogens with one attached hydrogen (secondary N) is 1. The summed E-state index contributed by atoms with van der Waals surface area (Å²) in [6.45, 7) is 0. The number of hydrogen-bond donors (Lipinski definition) is 2. The molecule has 0 aromatic heterocycles. The van der Waals surface area contributed by atoms with Crippen LogP contribution >= 0.6 is 11.8 Å². The van der Waals surface area contributed by atoms with Crippen molar-refractivity contribution in [1.82, 2.24) is 0 Å². The summed E-state index contributed by atoms with van der Waals surface area (Å²) in [5.41, 5.74) is 3.66. The number of thioether (sulfide) groups is 1. The maximum absolute atomic E-state index is 11.2. The molecule has 0 saturated heterocycles. The average molecular weight is 442 g/mol. The van der Waals surface area contributed by atoms with Gasteiger partial charge in [-0.1, -0.05) is 54.6 Å². The van der Waals surface area contributed by atoms with Crippen LogP contribution in [-0.4, -0.2) is 18.2 Å². The summed E-state index contributed by atoms with van der Waals surface area (Å²) in [4.78, 5) is 12.2. The predicted molar refractivity (Wildman–Crippen MR) is 133 cm³/mol. The van der Waals surface area contributed by atoms with Gasteiger partial charge in [0.05, 0.1) is 12.8 Å². The summed E-state index contributed by atoms with van der Waals surface area (Å²) in [6, 6.07) is 28.4. The van der Waals surface area contributed by atoms with Crippen LogP contribution in [0.3, 0.4) is 0 Å². The van der Waals surface area contributed by atoms with E-state index in [1.807, 2.05) is 66.7 Å². The highest BCUT2D eigenvalue weighted by atomic mass is 32.2. The highest BCUT2D eigenvalue weighted by Crippen LogP contribution is 2.35. The van der Waals surface area contributed by atoms with Crippen LogP contribution < -0.4 is 10.1 Å². The first-order valence-electron chi connectivity index (χ1n) is 10.2. The van der Waals surface area contributed by atoms with E-state index in [2.05, 4.69) is 23.5 Å². The van der Waals surface area contributed by atoms with Crippen LogP contribution in [0.5, 0.6) is 5.75 Å². The number of carbonyl (C=O) groups is 1. The van der Waals surface area contributed by atoms with Crippen LogP contribution in [-0.2, 0) is 10.5 Å². The molecule has 0 radical (unpaired) electrons. The van der Waals surface area contributed by atoms with E-state index in [9.17, 15) is 4.79 Å². The van der Waals surface area contributed by atoms with Gasteiger partial charge in [-0.25, -0.2) is 4.79 Å². The van der Waals surface area contributed by atoms with Crippen molar-refractivity contribution >= 4 is 46.0 Å². The Kier molecular flexibility index (Phi) is 6.78. The van der Waals surface area contributed by atoms with Gasteiger partial charge in [0.15, 0.2) is 0 Å². The molecule has 0 bridgehead atoms. The molecule has 5 heteroatoms. The van der Waals surface area contributed by atoms with E-state index in [4.69, 9.17) is 9.84 Å². The molecule has 0 saturated carbocycles. The zero-order chi connectivity index (χ0) is 22.3. The molecular formula is C27H23NO3S. The van der Waals surface area contributed by atoms with Crippen molar-refractivity contribution in [3.63, 3.8) is 0 Å². The number of rotatable bonds is 8. The van der Waals surface area contributed by atoms with Crippen molar-refractivity contribution in [3.05, 3.63) is 102 Å². The number of carboxylic acid groups (broad SMARTS) is 1. The van der Waals surface area contributed by atoms with Crippen molar-refractivity contribution in [2.75, 3.05) is 12.4 Å². The number of ether oxygens (including phenoxy) is 1. The Bertz CT molecular complexity index is 1270. The Morgan fingerprint density at radius 2 is 1.66 bits per heavy atom. The lowest BCUT2D eigenvalue weighted by molar-refractivity contribution is -0.131. The minimum atomic E-state index is -0.985. The summed E-state index contributed by atoms with van der Waals surface area (Å²) in [5, 5.41) is 14.8. The standard InChI is InChI=1S/C27H23NO3S/c1-31-26-17-21-10-6-5-9-20(21)16-25(26)28-24-13-12-23(15-22(24)11-14-27(29)30)32-18-19-7-3-2-4-8-19/h2-17,28H,18H2,1H3,(H,29,30). The molecule has 32 heavy (non-hydrogen) atoms. The molecule has 0 fully saturated rings. The Balaban J connectivity index is 1.65. The van der Waals surface area contributed by atoms with Gasteiger partial charge in [-0.2, -0.15) is 0 Å². The molecule has 4 nitrogen and oxygen atoms in total. The minimum absolute atomic E-state index is 0.722. The van der Waals surface area contributed by atoms with Gasteiger partial charge in [-0.05, 0) is 58.3 Å². The smallest absolute Gasteiger partial charge is 0.328 e. The summed E-state index contributed by atoms with van der Waals surface area (Å²) < 4.78 is 5.60. The molecule has 0 aliphatic heterocycles. The monoisotopic (exact) mass is 441 g/mol. The Hall–Kier alpha value is -3.70. The molecule has 4 rings (SSSR count). The normalized spacial score (nSPS) is 11.0. The maximum Gasteiger partial charge on any atom is 0.328 e. The van der Waals surface area contributed by atoms with Crippen LogP contribution in [0.4, 0.5) is 11.4 Å². The second kappa shape index (κ2) is 10.1. The predicted octanol–water partition coefficient (Wildman–Crippen LogP) is 6.98. The second-order valence-electron chi connectivity index (χ2n) is 7.22. The van der Waals surface area contributed by atoms with E-state index in [0.29, 0.717) is 0 Å². The number of hydrogen-bond acceptors (Lipinski definition) is 4. The van der Waals surface area contributed by atoms with E-state index < -0.39 is 5.97 Å². The van der Waals surface area contributed by atoms with Gasteiger partial charge in [0.25, 0.3) is 0 Å². The van der Waals surface area contributed by atoms with Gasteiger partial charge in [0, 0.05) is 22.4 Å². The van der Waals surface area contributed by atoms with Gasteiger partial charge in [-0.3, -0.25) is 0 Å². The number of methoxy groups -OCH3 is 1. The average Bonchev–Trinajstić information content (AvgIpc) is 2.82. The molecule has 160 valence electrons. The number of carboxylic acids is 1. The minimum Gasteiger partial charge on any atom is -0.495 e. The molecule has 0 aliphatic carbocycles. The van der Waals surface area contributed by atoms with Gasteiger partial charge < -0.3 is 15.2 Å². The van der Waals surface area contributed by atoms with E-state index in [-0.39, 0.29) is 0 Å². The second-order valence-corrected chi connectivity index (χ2v) is 8.27. The van der Waals surface area contributed by atoms with E-state index in [1.54, 1.807) is 24.9 Å². The number of benzene rings is 4. The summed E-state index contributed by atoms with van der Waals surface area (Å²) in [5.74, 6) is 0.578. The number of fused-ring (bicyclic) bond motifs is 1. The van der Waals surface area contributed by atoms with Crippen LogP contribution in [0.25, 0.3) is 16.8 Å². The third kappa shape index (κ3) is 5.31. The highest BCUT2D eigenvalue weighted by Gasteiger charge is 2.09. The van der Waals surface area contributed by atoms with Crippen molar-refractivity contribution < 1.29 is 14.6 Å². The molecule has 2 N–H and O–H groups in total. The van der Waals surface area contributed by atoms with Crippen molar-refractivity contribution in [2.45, 2.75) is 10.6 Å². The largest absolute Gasteiger partial charge is 0.495 e. The lowest BCUT2D eigenvalue weighted by Gasteiger charge is -2.15. The van der Waals surface area contributed by atoms with Crippen molar-refractivity contribution in [1.29, 1.82) is 0 Å². The Morgan fingerprint density at radius 1 is 0.938 bits per heavy atom. The Morgan fingerprint density at radius 3 is 2.38 bits per heavy atom. The number of aliphatic carboxylic acids is 1. The van der Waals surface area contributed by atoms with Crippen molar-refractivity contribution in [2.24, 2.45) is 0 Å². The summed E-state index contributed by atoms with van der Waals surface area (Å²) in [7, 11) is 1.64. The number of anilines is 2. The summed E-state index contributed by atoms with van der Waals surface area (Å²) >= 11 is 1.71. The lowest BCUT2D eigenvalue weighted by atomic mass is 10.1. The summed E-state index contributed by atoms with van der Waals surface area (Å²) in [6.07, 6.45) is 2.77. The fraction of sp³-hybridized carbons (Fsp3) is 0.0741. The Labute approximate surface area is 191 Å². The first-order chi connectivity index (χ1) is 15.6. The SMILES string of the molecule is COc1cc2ccccc2cc1Nc1ccc(SCc2ccccc2)cc1C=CC(=O)O. The molecule has 0 heterocycles. The maximum atomic E-state index is 11.2. The fourth-order valence-electron chi connectivity index (χ4n) is 3.42. The van der Waals surface area contributed by atoms with E-state index in [0.717, 1.165) is 50.2 Å². The first-order valence-corrected chi connectivity index (χ1v) is 11.2. The molecule has 0 aliphatic rings. The van der Waals surface area contributed by atoms with Crippen LogP contribution in [0.1, 0.15) is 11.1 Å². The third-order valence-electron chi connectivity index (χ3n) is 5.01. The molecule has 0 atom stereocenters. The third-order valence-corrected chi connectivity index (χ3v) is 6.08. The van der Waals surface area contributed by atoms with Crippen LogP contribution in [0.2, 0.25) is 0 Å². The van der Waals surface area contributed by atoms with E-state index >= 15 is 0 Å². The zero-order valence-electron chi connectivity index (χ0n) is 17.6. The molecule has 0 amide bonds. The quantitative estimate of drug-likeness (QED) is 0.228. The molecular weight excluding hydrogens is 418 g/mol. The topological polar surface area (TPSA) is 58.6 Å². The lowest BCUT2D eigenvalue weighted by Crippen LogP contribution is -1.97. The molecule has 0 spiro atoms.